The summed E-state index contributed by atoms with van der Waals surface area (Å²) in [5, 5.41) is 12.9. The van der Waals surface area contributed by atoms with Gasteiger partial charge >= 0.3 is 0 Å². The maximum Gasteiger partial charge on any atom is 0.0566 e. The minimum atomic E-state index is 1.18. The molecule has 0 atom stereocenters. The van der Waals surface area contributed by atoms with Crippen molar-refractivity contribution in [1.29, 1.82) is 0 Å². The highest BCUT2D eigenvalue weighted by Gasteiger charge is 2.18. The molecule has 0 aliphatic rings. The average Bonchev–Trinajstić information content (AvgIpc) is 3.53. The van der Waals surface area contributed by atoms with Crippen molar-refractivity contribution in [3.63, 3.8) is 0 Å². The fraction of sp³-hybridized carbons (Fsp3) is 0. The lowest BCUT2D eigenvalue weighted by molar-refractivity contribution is 1.19. The van der Waals surface area contributed by atoms with Crippen LogP contribution in [0.4, 0.5) is 0 Å². The number of fused-ring (bicyclic) bond motifs is 13. The fourth-order valence-corrected chi connectivity index (χ4v) is 6.69. The van der Waals surface area contributed by atoms with Crippen molar-refractivity contribution in [2.75, 3.05) is 0 Å². The summed E-state index contributed by atoms with van der Waals surface area (Å²) in [5.74, 6) is 0. The Morgan fingerprint density at radius 3 is 1.68 bits per heavy atom. The van der Waals surface area contributed by atoms with Crippen LogP contribution in [0.5, 0.6) is 0 Å². The molecule has 0 unspecified atom stereocenters. The van der Waals surface area contributed by atoms with Crippen LogP contribution in [0.25, 0.3) is 81.6 Å². The zero-order valence-corrected chi connectivity index (χ0v) is 20.6. The van der Waals surface area contributed by atoms with Gasteiger partial charge in [-0.05, 0) is 62.6 Å². The Morgan fingerprint density at radius 2 is 0.947 bits per heavy atom. The zero-order chi connectivity index (χ0) is 24.8. The van der Waals surface area contributed by atoms with Crippen LogP contribution in [-0.4, -0.2) is 9.55 Å². The number of H-pyrrole nitrogens is 1. The lowest BCUT2D eigenvalue weighted by Gasteiger charge is -2.13. The molecule has 1 N–H and O–H groups in total. The van der Waals surface area contributed by atoms with Gasteiger partial charge in [-0.15, -0.1) is 0 Å². The summed E-state index contributed by atoms with van der Waals surface area (Å²) in [6, 6.07) is 46.5. The van der Waals surface area contributed by atoms with E-state index in [0.29, 0.717) is 0 Å². The van der Waals surface area contributed by atoms with Crippen LogP contribution < -0.4 is 0 Å². The minimum absolute atomic E-state index is 1.18. The largest absolute Gasteiger partial charge is 0.354 e. The van der Waals surface area contributed by atoms with E-state index in [1.54, 1.807) is 0 Å². The molecule has 0 fully saturated rings. The maximum atomic E-state index is 3.74. The van der Waals surface area contributed by atoms with Gasteiger partial charge < -0.3 is 9.55 Å². The van der Waals surface area contributed by atoms with E-state index in [9.17, 15) is 0 Å². The molecule has 2 nitrogen and oxygen atoms in total. The second-order valence-corrected chi connectivity index (χ2v) is 10.2. The lowest BCUT2D eigenvalue weighted by Crippen LogP contribution is -1.94. The first-order valence-corrected chi connectivity index (χ1v) is 13.1. The smallest absolute Gasteiger partial charge is 0.0566 e. The van der Waals surface area contributed by atoms with Crippen LogP contribution in [0.2, 0.25) is 0 Å². The van der Waals surface area contributed by atoms with Crippen molar-refractivity contribution in [1.82, 2.24) is 9.55 Å². The number of aromatic nitrogens is 2. The molecule has 0 saturated carbocycles. The van der Waals surface area contributed by atoms with Crippen LogP contribution in [-0.2, 0) is 0 Å². The number of hydrogen-bond acceptors (Lipinski definition) is 0. The van der Waals surface area contributed by atoms with Crippen molar-refractivity contribution in [2.24, 2.45) is 0 Å². The second kappa shape index (κ2) is 7.24. The number of benzene rings is 7. The van der Waals surface area contributed by atoms with Crippen molar-refractivity contribution in [3.05, 3.63) is 127 Å². The number of rotatable bonds is 1. The van der Waals surface area contributed by atoms with Gasteiger partial charge in [-0.1, -0.05) is 97.1 Å². The summed E-state index contributed by atoms with van der Waals surface area (Å²) in [6.45, 7) is 0. The standard InChI is InChI=1S/C36H22N2/c1-2-11-25-23(9-1)24-10-3-4-12-26(24)31-21-22(17-18-27(25)31)38-33-16-8-6-14-30(33)35-34(38)20-19-29-28-13-5-7-15-32(28)37-36(29)35/h1-21,37H. The highest BCUT2D eigenvalue weighted by Crippen LogP contribution is 2.41. The van der Waals surface area contributed by atoms with Crippen LogP contribution in [0.15, 0.2) is 127 Å². The summed E-state index contributed by atoms with van der Waals surface area (Å²) in [5.41, 5.74) is 6.00. The molecule has 9 rings (SSSR count). The first kappa shape index (κ1) is 20.0. The molecule has 176 valence electrons. The van der Waals surface area contributed by atoms with Crippen molar-refractivity contribution in [3.8, 4) is 5.69 Å². The highest BCUT2D eigenvalue weighted by atomic mass is 15.0. The monoisotopic (exact) mass is 482 g/mol. The van der Waals surface area contributed by atoms with E-state index < -0.39 is 0 Å². The van der Waals surface area contributed by atoms with E-state index in [4.69, 9.17) is 0 Å². The van der Waals surface area contributed by atoms with Gasteiger partial charge in [0.05, 0.1) is 16.6 Å². The van der Waals surface area contributed by atoms with Crippen LogP contribution >= 0.6 is 0 Å². The van der Waals surface area contributed by atoms with Gasteiger partial charge in [-0.2, -0.15) is 0 Å². The number of nitrogens with zero attached hydrogens (tertiary/aromatic N) is 1. The van der Waals surface area contributed by atoms with Crippen LogP contribution in [0.1, 0.15) is 0 Å². The molecule has 0 amide bonds. The predicted molar refractivity (Wildman–Crippen MR) is 163 cm³/mol. The lowest BCUT2D eigenvalue weighted by atomic mass is 9.94. The van der Waals surface area contributed by atoms with E-state index in [1.165, 1.54) is 81.6 Å². The molecule has 0 bridgehead atoms. The molecular weight excluding hydrogens is 460 g/mol. The fourth-order valence-electron chi connectivity index (χ4n) is 6.69. The third-order valence-electron chi connectivity index (χ3n) is 8.30. The molecule has 9 aromatic rings. The van der Waals surface area contributed by atoms with E-state index in [2.05, 4.69) is 137 Å². The van der Waals surface area contributed by atoms with Gasteiger partial charge in [-0.25, -0.2) is 0 Å². The summed E-state index contributed by atoms with van der Waals surface area (Å²) in [4.78, 5) is 3.74. The third kappa shape index (κ3) is 2.51. The van der Waals surface area contributed by atoms with Crippen molar-refractivity contribution >= 4 is 75.9 Å². The van der Waals surface area contributed by atoms with Gasteiger partial charge in [0, 0.05) is 32.7 Å². The molecule has 38 heavy (non-hydrogen) atoms. The Morgan fingerprint density at radius 1 is 0.395 bits per heavy atom. The summed E-state index contributed by atoms with van der Waals surface area (Å²) >= 11 is 0. The first-order valence-electron chi connectivity index (χ1n) is 13.1. The number of hydrogen-bond donors (Lipinski definition) is 1. The maximum absolute atomic E-state index is 3.74. The van der Waals surface area contributed by atoms with Gasteiger partial charge in [0.15, 0.2) is 0 Å². The molecule has 0 saturated heterocycles. The number of aromatic amines is 1. The Bertz CT molecular complexity index is 2370. The van der Waals surface area contributed by atoms with Crippen LogP contribution in [0.3, 0.4) is 0 Å². The first-order chi connectivity index (χ1) is 18.9. The van der Waals surface area contributed by atoms with E-state index in [-0.39, 0.29) is 0 Å². The molecule has 0 aliphatic heterocycles. The van der Waals surface area contributed by atoms with Crippen molar-refractivity contribution < 1.29 is 0 Å². The summed E-state index contributed by atoms with van der Waals surface area (Å²) in [7, 11) is 0. The van der Waals surface area contributed by atoms with Gasteiger partial charge in [0.2, 0.25) is 0 Å². The third-order valence-corrected chi connectivity index (χ3v) is 8.30. The highest BCUT2D eigenvalue weighted by molar-refractivity contribution is 6.27. The molecule has 0 radical (unpaired) electrons. The SMILES string of the molecule is c1ccc2c(c1)[nH]c1c2ccc2c1c1ccccc1n2-c1ccc2c3ccccc3c3ccccc3c2c1. The number of nitrogens with one attached hydrogen (secondary N) is 1. The topological polar surface area (TPSA) is 20.7 Å². The molecule has 0 aliphatic carbocycles. The normalized spacial score (nSPS) is 12.2. The predicted octanol–water partition coefficient (Wildman–Crippen LogP) is 9.88. The Kier molecular flexibility index (Phi) is 3.82. The van der Waals surface area contributed by atoms with Crippen LogP contribution in [0, 0.1) is 0 Å². The number of para-hydroxylation sites is 2. The van der Waals surface area contributed by atoms with Crippen molar-refractivity contribution in [2.45, 2.75) is 0 Å². The Balaban J connectivity index is 1.44. The second-order valence-electron chi connectivity index (χ2n) is 10.2. The van der Waals surface area contributed by atoms with Gasteiger partial charge in [-0.3, -0.25) is 0 Å². The molecule has 0 spiro atoms. The van der Waals surface area contributed by atoms with Gasteiger partial charge in [0.1, 0.15) is 0 Å². The molecule has 2 heteroatoms. The molecular formula is C36H22N2. The molecule has 7 aromatic carbocycles. The average molecular weight is 483 g/mol. The summed E-state index contributed by atoms with van der Waals surface area (Å²) < 4.78 is 2.43. The Hall–Kier alpha value is -5.08. The van der Waals surface area contributed by atoms with E-state index >= 15 is 0 Å². The van der Waals surface area contributed by atoms with E-state index in [1.807, 2.05) is 0 Å². The molecule has 2 heterocycles. The zero-order valence-electron chi connectivity index (χ0n) is 20.6. The van der Waals surface area contributed by atoms with E-state index in [0.717, 1.165) is 0 Å². The Labute approximate surface area is 218 Å². The molecule has 2 aromatic heterocycles. The van der Waals surface area contributed by atoms with Gasteiger partial charge in [0.25, 0.3) is 0 Å². The summed E-state index contributed by atoms with van der Waals surface area (Å²) in [6.07, 6.45) is 0. The minimum Gasteiger partial charge on any atom is -0.354 e. The quantitative estimate of drug-likeness (QED) is 0.225.